The second-order valence-corrected chi connectivity index (χ2v) is 7.85. The van der Waals surface area contributed by atoms with Crippen LogP contribution in [-0.4, -0.2) is 64.9 Å². The molecule has 0 aliphatic heterocycles. The molecule has 2 aromatic carbocycles. The van der Waals surface area contributed by atoms with Crippen LogP contribution in [0.1, 0.15) is 15.9 Å². The Hall–Kier alpha value is -4.18. The second-order valence-electron chi connectivity index (χ2n) is 7.85. The average Bonchev–Trinajstić information content (AvgIpc) is 3.29. The number of amides is 1. The number of fused-ring (bicyclic) bond motifs is 1. The number of carbonyl (C=O) groups is 1. The summed E-state index contributed by atoms with van der Waals surface area (Å²) < 4.78 is 7.01. The molecule has 2 heterocycles. The van der Waals surface area contributed by atoms with Gasteiger partial charge in [-0.25, -0.2) is 14.6 Å². The number of azo groups is 1. The van der Waals surface area contributed by atoms with E-state index < -0.39 is 0 Å². The lowest BCUT2D eigenvalue weighted by Gasteiger charge is -2.10. The third kappa shape index (κ3) is 5.41. The molecule has 1 N–H and O–H groups in total. The van der Waals surface area contributed by atoms with Crippen molar-refractivity contribution < 1.29 is 9.53 Å². The molecule has 1 amide bonds. The second kappa shape index (κ2) is 10.6. The number of aromatic nitrogens is 4. The van der Waals surface area contributed by atoms with Crippen LogP contribution in [0.2, 0.25) is 0 Å². The largest absolute Gasteiger partial charge is 0.497 e. The molecular weight excluding hydrogens is 432 g/mol. The van der Waals surface area contributed by atoms with Gasteiger partial charge in [0.25, 0.3) is 5.91 Å². The van der Waals surface area contributed by atoms with Crippen molar-refractivity contribution in [3.63, 3.8) is 0 Å². The minimum absolute atomic E-state index is 0.0912. The Morgan fingerprint density at radius 2 is 1.97 bits per heavy atom. The van der Waals surface area contributed by atoms with Gasteiger partial charge in [0.15, 0.2) is 11.5 Å². The summed E-state index contributed by atoms with van der Waals surface area (Å²) in [5.74, 6) is 1.08. The van der Waals surface area contributed by atoms with Gasteiger partial charge in [0.1, 0.15) is 12.1 Å². The number of benzene rings is 2. The van der Waals surface area contributed by atoms with E-state index >= 15 is 0 Å². The van der Waals surface area contributed by atoms with Gasteiger partial charge in [0.05, 0.1) is 30.9 Å². The number of nitrogens with one attached hydrogen (secondary N) is 1. The molecule has 34 heavy (non-hydrogen) atoms. The predicted octanol–water partition coefficient (Wildman–Crippen LogP) is 3.40. The number of carbonyl (C=O) groups excluding carboxylic acids is 1. The van der Waals surface area contributed by atoms with Gasteiger partial charge in [-0.2, -0.15) is 10.2 Å². The number of nitrogens with zero attached hydrogens (tertiary/aromatic N) is 7. The molecule has 10 nitrogen and oxygen atoms in total. The third-order valence-electron chi connectivity index (χ3n) is 5.12. The fraction of sp³-hybridized carbons (Fsp3) is 0.250. The molecule has 0 atom stereocenters. The summed E-state index contributed by atoms with van der Waals surface area (Å²) in [5, 5.41) is 16.6. The van der Waals surface area contributed by atoms with Crippen LogP contribution in [0.25, 0.3) is 16.7 Å². The first kappa shape index (κ1) is 23.0. The molecule has 0 bridgehead atoms. The minimum atomic E-state index is -0.0912. The minimum Gasteiger partial charge on any atom is -0.497 e. The van der Waals surface area contributed by atoms with Gasteiger partial charge in [-0.15, -0.1) is 5.11 Å². The molecule has 4 rings (SSSR count). The molecule has 0 aliphatic rings. The summed E-state index contributed by atoms with van der Waals surface area (Å²) in [7, 11) is 5.55. The van der Waals surface area contributed by atoms with E-state index in [4.69, 9.17) is 4.74 Å². The van der Waals surface area contributed by atoms with Crippen LogP contribution in [0, 0.1) is 0 Å². The number of hydrogen-bond acceptors (Lipinski definition) is 8. The zero-order chi connectivity index (χ0) is 23.9. The standard InChI is InChI=1S/C24H26N8O2/c1-31(2)12-11-25-24(33)18-9-7-17(8-10-18)14-28-30-22-21-15-29-32(23(21)27-16-26-22)19-5-4-6-20(13-19)34-3/h4-10,13,15-16H,11-12,14H2,1-3H3,(H,25,33). The van der Waals surface area contributed by atoms with Crippen molar-refractivity contribution >= 4 is 22.8 Å². The van der Waals surface area contributed by atoms with E-state index in [2.05, 4.69) is 30.6 Å². The molecule has 0 aliphatic carbocycles. The summed E-state index contributed by atoms with van der Waals surface area (Å²) in [6.07, 6.45) is 3.12. The Morgan fingerprint density at radius 1 is 1.15 bits per heavy atom. The number of rotatable bonds is 9. The first-order valence-electron chi connectivity index (χ1n) is 10.8. The van der Waals surface area contributed by atoms with E-state index in [1.54, 1.807) is 30.1 Å². The molecular formula is C24H26N8O2. The molecule has 0 unspecified atom stereocenters. The highest BCUT2D eigenvalue weighted by Crippen LogP contribution is 2.25. The fourth-order valence-corrected chi connectivity index (χ4v) is 3.28. The van der Waals surface area contributed by atoms with Crippen molar-refractivity contribution in [3.05, 3.63) is 72.2 Å². The highest BCUT2D eigenvalue weighted by molar-refractivity contribution is 5.94. The van der Waals surface area contributed by atoms with Crippen molar-refractivity contribution in [3.8, 4) is 11.4 Å². The molecule has 0 spiro atoms. The van der Waals surface area contributed by atoms with Crippen LogP contribution in [0.4, 0.5) is 5.82 Å². The van der Waals surface area contributed by atoms with E-state index in [0.717, 1.165) is 23.5 Å². The Kier molecular flexibility index (Phi) is 7.19. The summed E-state index contributed by atoms with van der Waals surface area (Å²) >= 11 is 0. The SMILES string of the molecule is COc1cccc(-n2ncc3c(N=NCc4ccc(C(=O)NCCN(C)C)cc4)ncnc32)c1. The molecule has 4 aromatic rings. The number of hydrogen-bond donors (Lipinski definition) is 1. The zero-order valence-corrected chi connectivity index (χ0v) is 19.3. The van der Waals surface area contributed by atoms with E-state index in [1.165, 1.54) is 6.33 Å². The molecule has 0 saturated carbocycles. The van der Waals surface area contributed by atoms with Gasteiger partial charge in [0.2, 0.25) is 0 Å². The Balaban J connectivity index is 1.44. The van der Waals surface area contributed by atoms with Crippen LogP contribution < -0.4 is 10.1 Å². The van der Waals surface area contributed by atoms with Crippen molar-refractivity contribution in [2.75, 3.05) is 34.3 Å². The quantitative estimate of drug-likeness (QED) is 0.385. The fourth-order valence-electron chi connectivity index (χ4n) is 3.28. The Bertz CT molecular complexity index is 1300. The number of methoxy groups -OCH3 is 1. The molecule has 2 aromatic heterocycles. The normalized spacial score (nSPS) is 11.4. The molecule has 174 valence electrons. The maximum atomic E-state index is 12.2. The van der Waals surface area contributed by atoms with Gasteiger partial charge in [-0.05, 0) is 43.9 Å². The summed E-state index contributed by atoms with van der Waals surface area (Å²) in [4.78, 5) is 22.8. The lowest BCUT2D eigenvalue weighted by molar-refractivity contribution is 0.0951. The zero-order valence-electron chi connectivity index (χ0n) is 19.3. The number of likely N-dealkylation sites (N-methyl/N-ethyl adjacent to an activating group) is 1. The molecule has 0 radical (unpaired) electrons. The third-order valence-corrected chi connectivity index (χ3v) is 5.12. The predicted molar refractivity (Wildman–Crippen MR) is 129 cm³/mol. The van der Waals surface area contributed by atoms with Crippen LogP contribution in [-0.2, 0) is 6.54 Å². The van der Waals surface area contributed by atoms with Gasteiger partial charge in [0, 0.05) is 24.7 Å². The van der Waals surface area contributed by atoms with Gasteiger partial charge in [-0.1, -0.05) is 18.2 Å². The van der Waals surface area contributed by atoms with Crippen molar-refractivity contribution in [2.45, 2.75) is 6.54 Å². The molecule has 0 fully saturated rings. The van der Waals surface area contributed by atoms with Crippen LogP contribution >= 0.6 is 0 Å². The van der Waals surface area contributed by atoms with Gasteiger partial charge < -0.3 is 15.0 Å². The monoisotopic (exact) mass is 458 g/mol. The maximum Gasteiger partial charge on any atom is 0.251 e. The first-order valence-corrected chi connectivity index (χ1v) is 10.8. The summed E-state index contributed by atoms with van der Waals surface area (Å²) in [6.45, 7) is 1.75. The van der Waals surface area contributed by atoms with Gasteiger partial charge in [-0.3, -0.25) is 4.79 Å². The lowest BCUT2D eigenvalue weighted by atomic mass is 10.1. The summed E-state index contributed by atoms with van der Waals surface area (Å²) in [5.41, 5.74) is 3.00. The summed E-state index contributed by atoms with van der Waals surface area (Å²) in [6, 6.07) is 14.9. The van der Waals surface area contributed by atoms with Crippen LogP contribution in [0.15, 0.2) is 71.3 Å². The van der Waals surface area contributed by atoms with E-state index in [9.17, 15) is 4.79 Å². The first-order chi connectivity index (χ1) is 16.5. The molecule has 10 heteroatoms. The van der Waals surface area contributed by atoms with Crippen molar-refractivity contribution in [1.82, 2.24) is 30.0 Å². The average molecular weight is 459 g/mol. The highest BCUT2D eigenvalue weighted by Gasteiger charge is 2.11. The highest BCUT2D eigenvalue weighted by atomic mass is 16.5. The van der Waals surface area contributed by atoms with E-state index in [-0.39, 0.29) is 5.91 Å². The van der Waals surface area contributed by atoms with Gasteiger partial charge >= 0.3 is 0 Å². The topological polar surface area (TPSA) is 110 Å². The Morgan fingerprint density at radius 3 is 2.74 bits per heavy atom. The lowest BCUT2D eigenvalue weighted by Crippen LogP contribution is -2.31. The van der Waals surface area contributed by atoms with Crippen molar-refractivity contribution in [1.29, 1.82) is 0 Å². The van der Waals surface area contributed by atoms with Crippen molar-refractivity contribution in [2.24, 2.45) is 10.2 Å². The number of ether oxygens (including phenoxy) is 1. The van der Waals surface area contributed by atoms with Crippen LogP contribution in [0.5, 0.6) is 5.75 Å². The Labute approximate surface area is 197 Å². The molecule has 0 saturated heterocycles. The smallest absolute Gasteiger partial charge is 0.251 e. The van der Waals surface area contributed by atoms with E-state index in [1.807, 2.05) is 55.4 Å². The maximum absolute atomic E-state index is 12.2. The van der Waals surface area contributed by atoms with E-state index in [0.29, 0.717) is 35.5 Å². The van der Waals surface area contributed by atoms with Crippen LogP contribution in [0.3, 0.4) is 0 Å².